The van der Waals surface area contributed by atoms with Gasteiger partial charge in [-0.25, -0.2) is 4.39 Å². The minimum Gasteiger partial charge on any atom is -0.458 e. The molecule has 1 aliphatic heterocycles. The van der Waals surface area contributed by atoms with Crippen molar-refractivity contribution < 1.29 is 14.2 Å². The molecule has 0 radical (unpaired) electrons. The average Bonchev–Trinajstić information content (AvgIpc) is 2.18. The van der Waals surface area contributed by atoms with Crippen molar-refractivity contribution in [1.82, 2.24) is 0 Å². The zero-order chi connectivity index (χ0) is 11.0. The van der Waals surface area contributed by atoms with E-state index >= 15 is 0 Å². The second-order valence-corrected chi connectivity index (χ2v) is 4.40. The van der Waals surface area contributed by atoms with Crippen molar-refractivity contribution in [1.29, 1.82) is 0 Å². The highest BCUT2D eigenvalue weighted by molar-refractivity contribution is 9.11. The fraction of sp³-hybridized carbons (Fsp3) is 0.273. The topological polar surface area (TPSA) is 29.5 Å². The molecule has 1 aromatic carbocycles. The number of aliphatic hydroxyl groups excluding tert-OH is 1. The third kappa shape index (κ3) is 1.92. The number of allylic oxidation sites excluding steroid dienone is 1. The Hall–Kier alpha value is -0.870. The Balaban J connectivity index is 2.43. The second kappa shape index (κ2) is 3.94. The molecule has 1 aliphatic rings. The van der Waals surface area contributed by atoms with Crippen LogP contribution in [-0.4, -0.2) is 11.2 Å². The number of halogens is 2. The molecule has 80 valence electrons. The third-order valence-corrected chi connectivity index (χ3v) is 2.95. The normalized spacial score (nSPS) is 17.1. The lowest BCUT2D eigenvalue weighted by atomic mass is 10.1. The molecular formula is C11H10BrFO2. The molecule has 0 aromatic heterocycles. The summed E-state index contributed by atoms with van der Waals surface area (Å²) in [5.74, 6) is 0.649. The molecule has 0 fully saturated rings. The Bertz CT molecular complexity index is 427. The van der Waals surface area contributed by atoms with Crippen LogP contribution in [0.4, 0.5) is 4.39 Å². The van der Waals surface area contributed by atoms with Crippen LogP contribution in [-0.2, 0) is 6.42 Å². The largest absolute Gasteiger partial charge is 0.458 e. The molecule has 0 spiro atoms. The Kier molecular flexibility index (Phi) is 2.80. The quantitative estimate of drug-likeness (QED) is 0.852. The van der Waals surface area contributed by atoms with Gasteiger partial charge in [0, 0.05) is 16.5 Å². The Morgan fingerprint density at radius 1 is 1.53 bits per heavy atom. The minimum atomic E-state index is -0.698. The van der Waals surface area contributed by atoms with Crippen molar-refractivity contribution in [2.24, 2.45) is 0 Å². The highest BCUT2D eigenvalue weighted by Gasteiger charge is 2.23. The van der Waals surface area contributed by atoms with Crippen LogP contribution >= 0.6 is 15.9 Å². The lowest BCUT2D eigenvalue weighted by molar-refractivity contribution is 0.173. The lowest BCUT2D eigenvalue weighted by Crippen LogP contribution is -2.18. The van der Waals surface area contributed by atoms with Crippen molar-refractivity contribution in [3.63, 3.8) is 0 Å². The van der Waals surface area contributed by atoms with E-state index in [9.17, 15) is 9.50 Å². The van der Waals surface area contributed by atoms with E-state index in [1.807, 2.05) is 0 Å². The number of ether oxygens (including phenoxy) is 1. The van der Waals surface area contributed by atoms with Gasteiger partial charge in [-0.05, 0) is 19.1 Å². The summed E-state index contributed by atoms with van der Waals surface area (Å²) in [5, 5.41) is 9.44. The lowest BCUT2D eigenvalue weighted by Gasteiger charge is -2.22. The molecule has 2 nitrogen and oxygen atoms in total. The summed E-state index contributed by atoms with van der Waals surface area (Å²) < 4.78 is 19.5. The highest BCUT2D eigenvalue weighted by atomic mass is 79.9. The molecule has 1 atom stereocenters. The number of hydrogen-bond acceptors (Lipinski definition) is 2. The van der Waals surface area contributed by atoms with Crippen LogP contribution in [0.25, 0.3) is 0 Å². The molecular weight excluding hydrogens is 263 g/mol. The summed E-state index contributed by atoms with van der Waals surface area (Å²) in [6.45, 7) is 1.61. The van der Waals surface area contributed by atoms with Crippen LogP contribution in [0.1, 0.15) is 12.5 Å². The minimum absolute atomic E-state index is 0.283. The summed E-state index contributed by atoms with van der Waals surface area (Å²) in [5.41, 5.74) is 0.522. The molecule has 0 amide bonds. The molecule has 0 bridgehead atoms. The SMILES string of the molecule is CC(O)C1=C(Br)Cc2c(F)cccc2O1. The average molecular weight is 273 g/mol. The van der Waals surface area contributed by atoms with E-state index in [4.69, 9.17) is 4.74 Å². The van der Waals surface area contributed by atoms with Crippen LogP contribution in [0.2, 0.25) is 0 Å². The Labute approximate surface area is 95.5 Å². The van der Waals surface area contributed by atoms with E-state index in [2.05, 4.69) is 15.9 Å². The summed E-state index contributed by atoms with van der Waals surface area (Å²) in [6.07, 6.45) is -0.279. The first-order valence-corrected chi connectivity index (χ1v) is 5.40. The van der Waals surface area contributed by atoms with Crippen LogP contribution < -0.4 is 4.74 Å². The van der Waals surface area contributed by atoms with Gasteiger partial charge in [0.25, 0.3) is 0 Å². The van der Waals surface area contributed by atoms with E-state index < -0.39 is 6.10 Å². The van der Waals surface area contributed by atoms with Gasteiger partial charge in [-0.2, -0.15) is 0 Å². The molecule has 0 saturated carbocycles. The number of hydrogen-bond donors (Lipinski definition) is 1. The zero-order valence-electron chi connectivity index (χ0n) is 8.13. The molecule has 4 heteroatoms. The molecule has 1 N–H and O–H groups in total. The zero-order valence-corrected chi connectivity index (χ0v) is 9.71. The molecule has 1 unspecified atom stereocenters. The van der Waals surface area contributed by atoms with Crippen molar-refractivity contribution in [2.45, 2.75) is 19.4 Å². The third-order valence-electron chi connectivity index (χ3n) is 2.27. The predicted molar refractivity (Wildman–Crippen MR) is 58.4 cm³/mol. The fourth-order valence-electron chi connectivity index (χ4n) is 1.53. The van der Waals surface area contributed by atoms with Gasteiger partial charge in [-0.15, -0.1) is 0 Å². The van der Waals surface area contributed by atoms with Gasteiger partial charge in [0.1, 0.15) is 23.4 Å². The first kappa shape index (κ1) is 10.6. The van der Waals surface area contributed by atoms with E-state index in [1.54, 1.807) is 19.1 Å². The summed E-state index contributed by atoms with van der Waals surface area (Å²) in [6, 6.07) is 4.68. The van der Waals surface area contributed by atoms with Crippen molar-refractivity contribution in [3.8, 4) is 5.75 Å². The highest BCUT2D eigenvalue weighted by Crippen LogP contribution is 2.35. The van der Waals surface area contributed by atoms with Crippen LogP contribution in [0.5, 0.6) is 5.75 Å². The van der Waals surface area contributed by atoms with Crippen LogP contribution in [0.3, 0.4) is 0 Å². The summed E-state index contributed by atoms with van der Waals surface area (Å²) in [7, 11) is 0. The van der Waals surface area contributed by atoms with E-state index in [0.717, 1.165) is 0 Å². The van der Waals surface area contributed by atoms with Gasteiger partial charge in [-0.1, -0.05) is 22.0 Å². The number of benzene rings is 1. The maximum atomic E-state index is 13.4. The maximum absolute atomic E-state index is 13.4. The predicted octanol–water partition coefficient (Wildman–Crippen LogP) is 2.75. The number of rotatable bonds is 1. The Morgan fingerprint density at radius 3 is 2.93 bits per heavy atom. The first-order valence-electron chi connectivity index (χ1n) is 4.61. The van der Waals surface area contributed by atoms with Crippen molar-refractivity contribution in [2.75, 3.05) is 0 Å². The monoisotopic (exact) mass is 272 g/mol. The summed E-state index contributed by atoms with van der Waals surface area (Å²) >= 11 is 3.29. The maximum Gasteiger partial charge on any atom is 0.143 e. The Morgan fingerprint density at radius 2 is 2.27 bits per heavy atom. The van der Waals surface area contributed by atoms with E-state index in [-0.39, 0.29) is 5.82 Å². The first-order chi connectivity index (χ1) is 7.09. The summed E-state index contributed by atoms with van der Waals surface area (Å²) in [4.78, 5) is 0. The van der Waals surface area contributed by atoms with Crippen molar-refractivity contribution in [3.05, 3.63) is 39.8 Å². The van der Waals surface area contributed by atoms with Gasteiger partial charge in [0.15, 0.2) is 0 Å². The van der Waals surface area contributed by atoms with Crippen molar-refractivity contribution >= 4 is 15.9 Å². The fourth-order valence-corrected chi connectivity index (χ4v) is 2.23. The van der Waals surface area contributed by atoms with Gasteiger partial charge in [0.05, 0.1) is 0 Å². The molecule has 2 rings (SSSR count). The van der Waals surface area contributed by atoms with Gasteiger partial charge < -0.3 is 9.84 Å². The number of aliphatic hydroxyl groups is 1. The molecule has 15 heavy (non-hydrogen) atoms. The molecule has 1 heterocycles. The van der Waals surface area contributed by atoms with E-state index in [1.165, 1.54) is 6.07 Å². The van der Waals surface area contributed by atoms with Gasteiger partial charge in [-0.3, -0.25) is 0 Å². The molecule has 1 aromatic rings. The van der Waals surface area contributed by atoms with E-state index in [0.29, 0.717) is 28.0 Å². The molecule has 0 aliphatic carbocycles. The second-order valence-electron chi connectivity index (χ2n) is 3.44. The van der Waals surface area contributed by atoms with Crippen LogP contribution in [0, 0.1) is 5.82 Å². The van der Waals surface area contributed by atoms with Crippen LogP contribution in [0.15, 0.2) is 28.4 Å². The van der Waals surface area contributed by atoms with Gasteiger partial charge in [0.2, 0.25) is 0 Å². The van der Waals surface area contributed by atoms with Gasteiger partial charge >= 0.3 is 0 Å². The molecule has 0 saturated heterocycles. The smallest absolute Gasteiger partial charge is 0.143 e. The number of fused-ring (bicyclic) bond motifs is 1. The standard InChI is InChI=1S/C11H10BrFO2/c1-6(14)11-8(12)5-7-9(13)3-2-4-10(7)15-11/h2-4,6,14H,5H2,1H3.